The van der Waals surface area contributed by atoms with E-state index in [1.807, 2.05) is 0 Å². The van der Waals surface area contributed by atoms with Gasteiger partial charge in [0, 0.05) is 6.20 Å². The first-order valence-electron chi connectivity index (χ1n) is 3.31. The zero-order valence-electron chi connectivity index (χ0n) is 6.61. The lowest BCUT2D eigenvalue weighted by Crippen LogP contribution is -2.11. The molecule has 0 aliphatic heterocycles. The van der Waals surface area contributed by atoms with Gasteiger partial charge in [-0.05, 0) is 15.9 Å². The molecular formula is C7H6BrF2NO2. The van der Waals surface area contributed by atoms with E-state index in [-0.39, 0.29) is 10.2 Å². The van der Waals surface area contributed by atoms with Crippen molar-refractivity contribution >= 4 is 15.9 Å². The largest absolute Gasteiger partial charge is 0.491 e. The molecule has 0 radical (unpaired) electrons. The van der Waals surface area contributed by atoms with Crippen molar-refractivity contribution in [3.05, 3.63) is 26.6 Å². The monoisotopic (exact) mass is 253 g/mol. The fraction of sp³-hybridized carbons (Fsp3) is 0.286. The van der Waals surface area contributed by atoms with Crippen molar-refractivity contribution < 1.29 is 13.5 Å². The quantitative estimate of drug-likeness (QED) is 0.877. The van der Waals surface area contributed by atoms with Gasteiger partial charge in [-0.1, -0.05) is 0 Å². The molecule has 3 nitrogen and oxygen atoms in total. The predicted molar refractivity (Wildman–Crippen MR) is 46.3 cm³/mol. The van der Waals surface area contributed by atoms with Crippen LogP contribution in [0.25, 0.3) is 0 Å². The molecule has 0 fully saturated rings. The molecule has 1 rings (SSSR count). The summed E-state index contributed by atoms with van der Waals surface area (Å²) in [4.78, 5) is 13.5. The van der Waals surface area contributed by atoms with Crippen molar-refractivity contribution in [2.24, 2.45) is 0 Å². The molecule has 0 saturated heterocycles. The number of rotatable bonds is 2. The summed E-state index contributed by atoms with van der Waals surface area (Å²) < 4.78 is 29.2. The molecule has 0 unspecified atom stereocenters. The Kier molecular flexibility index (Phi) is 3.02. The van der Waals surface area contributed by atoms with Crippen molar-refractivity contribution in [2.75, 3.05) is 7.11 Å². The predicted octanol–water partition coefficient (Wildman–Crippen LogP) is 2.08. The minimum atomic E-state index is -2.75. The van der Waals surface area contributed by atoms with Gasteiger partial charge in [0.1, 0.15) is 5.69 Å². The molecule has 0 aromatic carbocycles. The van der Waals surface area contributed by atoms with Gasteiger partial charge in [0.25, 0.3) is 6.43 Å². The molecule has 1 N–H and O–H groups in total. The Labute approximate surface area is 80.9 Å². The highest BCUT2D eigenvalue weighted by Gasteiger charge is 2.18. The van der Waals surface area contributed by atoms with E-state index in [1.54, 1.807) is 0 Å². The summed E-state index contributed by atoms with van der Waals surface area (Å²) in [6, 6.07) is 0. The molecular weight excluding hydrogens is 248 g/mol. The number of halogens is 3. The fourth-order valence-electron chi connectivity index (χ4n) is 0.868. The summed E-state index contributed by atoms with van der Waals surface area (Å²) in [5.41, 5.74) is -1.09. The van der Waals surface area contributed by atoms with Gasteiger partial charge in [-0.15, -0.1) is 0 Å². The Bertz CT molecular complexity index is 364. The minimum Gasteiger partial charge on any atom is -0.491 e. The smallest absolute Gasteiger partial charge is 0.282 e. The first-order valence-corrected chi connectivity index (χ1v) is 4.10. The van der Waals surface area contributed by atoms with Gasteiger partial charge in [0.2, 0.25) is 5.43 Å². The van der Waals surface area contributed by atoms with E-state index in [2.05, 4.69) is 25.7 Å². The summed E-state index contributed by atoms with van der Waals surface area (Å²) in [6.07, 6.45) is -1.59. The molecule has 0 amide bonds. The molecule has 13 heavy (non-hydrogen) atoms. The first-order chi connectivity index (χ1) is 6.07. The van der Waals surface area contributed by atoms with E-state index in [0.29, 0.717) is 0 Å². The Hall–Kier alpha value is -0.910. The number of H-pyrrole nitrogens is 1. The number of aromatic nitrogens is 1. The van der Waals surface area contributed by atoms with E-state index < -0.39 is 17.5 Å². The van der Waals surface area contributed by atoms with Crippen LogP contribution in [0, 0.1) is 0 Å². The van der Waals surface area contributed by atoms with Crippen LogP contribution in [0.3, 0.4) is 0 Å². The number of hydrogen-bond donors (Lipinski definition) is 1. The fourth-order valence-corrected chi connectivity index (χ4v) is 1.16. The molecule has 0 atom stereocenters. The summed E-state index contributed by atoms with van der Waals surface area (Å²) in [5, 5.41) is 0. The SMILES string of the molecule is COc1c(C(F)F)[nH]cc(Br)c1=O. The maximum atomic E-state index is 12.3. The molecule has 1 heterocycles. The first kappa shape index (κ1) is 10.2. The number of alkyl halides is 2. The third-order valence-corrected chi connectivity index (χ3v) is 2.03. The molecule has 72 valence electrons. The topological polar surface area (TPSA) is 42.1 Å². The summed E-state index contributed by atoms with van der Waals surface area (Å²) in [5.74, 6) is -0.357. The van der Waals surface area contributed by atoms with Crippen molar-refractivity contribution in [1.82, 2.24) is 4.98 Å². The van der Waals surface area contributed by atoms with Gasteiger partial charge in [-0.3, -0.25) is 4.79 Å². The van der Waals surface area contributed by atoms with Gasteiger partial charge in [-0.25, -0.2) is 8.78 Å². The number of hydrogen-bond acceptors (Lipinski definition) is 2. The van der Waals surface area contributed by atoms with Crippen LogP contribution in [0.1, 0.15) is 12.1 Å². The molecule has 1 aromatic rings. The van der Waals surface area contributed by atoms with Gasteiger partial charge in [0.05, 0.1) is 11.6 Å². The van der Waals surface area contributed by atoms with Crippen molar-refractivity contribution in [3.63, 3.8) is 0 Å². The van der Waals surface area contributed by atoms with Crippen LogP contribution in [0.5, 0.6) is 5.75 Å². The van der Waals surface area contributed by atoms with E-state index in [1.165, 1.54) is 7.11 Å². The molecule has 0 saturated carbocycles. The van der Waals surface area contributed by atoms with Crippen LogP contribution in [0.2, 0.25) is 0 Å². The van der Waals surface area contributed by atoms with Crippen LogP contribution in [0.4, 0.5) is 8.78 Å². The van der Waals surface area contributed by atoms with Crippen LogP contribution in [-0.2, 0) is 0 Å². The number of nitrogens with one attached hydrogen (secondary N) is 1. The highest BCUT2D eigenvalue weighted by atomic mass is 79.9. The second-order valence-electron chi connectivity index (χ2n) is 2.21. The van der Waals surface area contributed by atoms with Crippen LogP contribution in [-0.4, -0.2) is 12.1 Å². The normalized spacial score (nSPS) is 10.5. The Balaban J connectivity index is 3.39. The lowest BCUT2D eigenvalue weighted by molar-refractivity contribution is 0.141. The molecule has 0 spiro atoms. The summed E-state index contributed by atoms with van der Waals surface area (Å²) >= 11 is 2.90. The van der Waals surface area contributed by atoms with Gasteiger partial charge in [-0.2, -0.15) is 0 Å². The van der Waals surface area contributed by atoms with Gasteiger partial charge >= 0.3 is 0 Å². The van der Waals surface area contributed by atoms with Crippen LogP contribution < -0.4 is 10.2 Å². The Morgan fingerprint density at radius 1 is 1.62 bits per heavy atom. The average molecular weight is 254 g/mol. The Morgan fingerprint density at radius 3 is 2.69 bits per heavy atom. The molecule has 1 aromatic heterocycles. The van der Waals surface area contributed by atoms with E-state index >= 15 is 0 Å². The summed E-state index contributed by atoms with van der Waals surface area (Å²) in [7, 11) is 1.17. The standard InChI is InChI=1S/C7H6BrF2NO2/c1-13-6-4(7(9)10)11-2-3(8)5(6)12/h2,7H,1H3,(H,11,12). The molecule has 0 aliphatic carbocycles. The number of pyridine rings is 1. The second-order valence-corrected chi connectivity index (χ2v) is 3.07. The maximum absolute atomic E-state index is 12.3. The van der Waals surface area contributed by atoms with Crippen LogP contribution >= 0.6 is 15.9 Å². The van der Waals surface area contributed by atoms with E-state index in [9.17, 15) is 13.6 Å². The molecule has 0 bridgehead atoms. The van der Waals surface area contributed by atoms with E-state index in [0.717, 1.165) is 6.20 Å². The zero-order valence-corrected chi connectivity index (χ0v) is 8.19. The van der Waals surface area contributed by atoms with Gasteiger partial charge in [0.15, 0.2) is 5.75 Å². The van der Waals surface area contributed by atoms with Crippen molar-refractivity contribution in [1.29, 1.82) is 0 Å². The highest BCUT2D eigenvalue weighted by Crippen LogP contribution is 2.24. The van der Waals surface area contributed by atoms with Crippen LogP contribution in [0.15, 0.2) is 15.5 Å². The number of ether oxygens (including phenoxy) is 1. The third kappa shape index (κ3) is 1.88. The summed E-state index contributed by atoms with van der Waals surface area (Å²) in [6.45, 7) is 0. The van der Waals surface area contributed by atoms with E-state index in [4.69, 9.17) is 0 Å². The van der Waals surface area contributed by atoms with Crippen molar-refractivity contribution in [3.8, 4) is 5.75 Å². The minimum absolute atomic E-state index is 0.161. The Morgan fingerprint density at radius 2 is 2.23 bits per heavy atom. The second kappa shape index (κ2) is 3.87. The maximum Gasteiger partial charge on any atom is 0.282 e. The van der Waals surface area contributed by atoms with Gasteiger partial charge < -0.3 is 9.72 Å². The number of methoxy groups -OCH3 is 1. The average Bonchev–Trinajstić information content (AvgIpc) is 2.09. The zero-order chi connectivity index (χ0) is 10.0. The number of aromatic amines is 1. The molecule has 0 aliphatic rings. The third-order valence-electron chi connectivity index (χ3n) is 1.44. The lowest BCUT2D eigenvalue weighted by Gasteiger charge is -2.06. The highest BCUT2D eigenvalue weighted by molar-refractivity contribution is 9.10. The molecule has 6 heteroatoms. The van der Waals surface area contributed by atoms with Crippen molar-refractivity contribution in [2.45, 2.75) is 6.43 Å². The lowest BCUT2D eigenvalue weighted by atomic mass is 10.3.